The van der Waals surface area contributed by atoms with Crippen molar-refractivity contribution in [3.63, 3.8) is 0 Å². The molecule has 0 aliphatic heterocycles. The quantitative estimate of drug-likeness (QED) is 0.870. The molecule has 0 aromatic carbocycles. The van der Waals surface area contributed by atoms with Gasteiger partial charge in [-0.3, -0.25) is 0 Å². The van der Waals surface area contributed by atoms with E-state index in [1.54, 1.807) is 6.20 Å². The fourth-order valence-electron chi connectivity index (χ4n) is 2.39. The van der Waals surface area contributed by atoms with Crippen molar-refractivity contribution in [2.24, 2.45) is 5.92 Å². The molecule has 2 atom stereocenters. The van der Waals surface area contributed by atoms with Crippen molar-refractivity contribution >= 4 is 5.95 Å². The van der Waals surface area contributed by atoms with Gasteiger partial charge in [0.05, 0.1) is 0 Å². The maximum atomic E-state index is 5.96. The molecule has 4 heteroatoms. The van der Waals surface area contributed by atoms with Crippen LogP contribution in [0.1, 0.15) is 46.0 Å². The molecule has 1 aromatic heterocycles. The Balaban J connectivity index is 1.91. The second-order valence-electron chi connectivity index (χ2n) is 5.16. The van der Waals surface area contributed by atoms with Gasteiger partial charge in [0.15, 0.2) is 0 Å². The molecule has 1 aliphatic carbocycles. The van der Waals surface area contributed by atoms with Crippen LogP contribution in [-0.2, 0) is 0 Å². The summed E-state index contributed by atoms with van der Waals surface area (Å²) in [6.45, 7) is 5.31. The first-order chi connectivity index (χ1) is 8.78. The fraction of sp³-hybridized carbons (Fsp3) is 0.714. The Morgan fingerprint density at radius 2 is 2.33 bits per heavy atom. The maximum absolute atomic E-state index is 5.96. The second kappa shape index (κ2) is 6.57. The summed E-state index contributed by atoms with van der Waals surface area (Å²) < 4.78 is 5.96. The minimum atomic E-state index is 0.322. The number of ether oxygens (including phenoxy) is 1. The second-order valence-corrected chi connectivity index (χ2v) is 5.16. The molecule has 0 amide bonds. The third-order valence-corrected chi connectivity index (χ3v) is 3.34. The summed E-state index contributed by atoms with van der Waals surface area (Å²) in [5.41, 5.74) is 0. The Labute approximate surface area is 109 Å². The van der Waals surface area contributed by atoms with E-state index in [0.717, 1.165) is 31.7 Å². The molecular weight excluding hydrogens is 226 g/mol. The molecule has 0 radical (unpaired) electrons. The van der Waals surface area contributed by atoms with E-state index in [0.29, 0.717) is 17.9 Å². The third kappa shape index (κ3) is 3.86. The van der Waals surface area contributed by atoms with Gasteiger partial charge in [-0.1, -0.05) is 20.3 Å². The Kier molecular flexibility index (Phi) is 4.79. The van der Waals surface area contributed by atoms with E-state index in [9.17, 15) is 0 Å². The van der Waals surface area contributed by atoms with Crippen molar-refractivity contribution in [1.82, 2.24) is 9.97 Å². The first kappa shape index (κ1) is 13.1. The molecule has 1 N–H and O–H groups in total. The molecule has 0 bridgehead atoms. The largest absolute Gasteiger partial charge is 0.474 e. The number of hydrogen-bond acceptors (Lipinski definition) is 4. The summed E-state index contributed by atoms with van der Waals surface area (Å²) in [7, 11) is 0. The van der Waals surface area contributed by atoms with Crippen molar-refractivity contribution in [3.8, 4) is 5.88 Å². The summed E-state index contributed by atoms with van der Waals surface area (Å²) in [4.78, 5) is 8.57. The number of nitrogens with zero attached hydrogens (tertiary/aromatic N) is 2. The summed E-state index contributed by atoms with van der Waals surface area (Å²) in [6.07, 6.45) is 8.02. The molecular formula is C14H23N3O. The molecule has 1 aromatic rings. The molecule has 4 nitrogen and oxygen atoms in total. The average molecular weight is 249 g/mol. The Morgan fingerprint density at radius 1 is 1.44 bits per heavy atom. The topological polar surface area (TPSA) is 47.0 Å². The standard InChI is InChI=1S/C14H23N3O/c1-3-8-15-14-16-9-7-13(17-14)18-12-6-4-5-11(2)10-12/h7,9,11-12H,3-6,8,10H2,1-2H3,(H,15,16,17). The first-order valence-corrected chi connectivity index (χ1v) is 7.01. The Morgan fingerprint density at radius 3 is 3.11 bits per heavy atom. The molecule has 2 rings (SSSR count). The molecule has 1 fully saturated rings. The lowest BCUT2D eigenvalue weighted by Crippen LogP contribution is -2.24. The molecule has 1 heterocycles. The monoisotopic (exact) mass is 249 g/mol. The lowest BCUT2D eigenvalue weighted by atomic mass is 9.89. The molecule has 2 unspecified atom stereocenters. The van der Waals surface area contributed by atoms with Crippen molar-refractivity contribution < 1.29 is 4.74 Å². The smallest absolute Gasteiger partial charge is 0.225 e. The van der Waals surface area contributed by atoms with Crippen molar-refractivity contribution in [1.29, 1.82) is 0 Å². The van der Waals surface area contributed by atoms with Crippen LogP contribution in [0.15, 0.2) is 12.3 Å². The van der Waals surface area contributed by atoms with Crippen LogP contribution in [-0.4, -0.2) is 22.6 Å². The van der Waals surface area contributed by atoms with Gasteiger partial charge in [-0.2, -0.15) is 4.98 Å². The van der Waals surface area contributed by atoms with Gasteiger partial charge in [0.2, 0.25) is 11.8 Å². The van der Waals surface area contributed by atoms with Gasteiger partial charge in [-0.25, -0.2) is 4.98 Å². The highest BCUT2D eigenvalue weighted by molar-refractivity contribution is 5.27. The zero-order chi connectivity index (χ0) is 12.8. The highest BCUT2D eigenvalue weighted by atomic mass is 16.5. The van der Waals surface area contributed by atoms with Gasteiger partial charge in [0.1, 0.15) is 6.10 Å². The molecule has 100 valence electrons. The summed E-state index contributed by atoms with van der Waals surface area (Å²) in [5, 5.41) is 3.18. The van der Waals surface area contributed by atoms with E-state index in [1.165, 1.54) is 12.8 Å². The van der Waals surface area contributed by atoms with Gasteiger partial charge in [-0.15, -0.1) is 0 Å². The molecule has 0 saturated heterocycles. The summed E-state index contributed by atoms with van der Waals surface area (Å²) >= 11 is 0. The summed E-state index contributed by atoms with van der Waals surface area (Å²) in [5.74, 6) is 2.13. The lowest BCUT2D eigenvalue weighted by molar-refractivity contribution is 0.124. The van der Waals surface area contributed by atoms with Crippen LogP contribution in [0.4, 0.5) is 5.95 Å². The third-order valence-electron chi connectivity index (χ3n) is 3.34. The minimum Gasteiger partial charge on any atom is -0.474 e. The Bertz CT molecular complexity index is 370. The van der Waals surface area contributed by atoms with E-state index in [-0.39, 0.29) is 0 Å². The number of nitrogens with one attached hydrogen (secondary N) is 1. The van der Waals surface area contributed by atoms with Crippen molar-refractivity contribution in [2.45, 2.75) is 52.1 Å². The van der Waals surface area contributed by atoms with E-state index in [1.807, 2.05) is 6.07 Å². The van der Waals surface area contributed by atoms with Crippen molar-refractivity contribution in [3.05, 3.63) is 12.3 Å². The normalized spacial score (nSPS) is 23.7. The first-order valence-electron chi connectivity index (χ1n) is 7.01. The van der Waals surface area contributed by atoms with Crippen LogP contribution in [0, 0.1) is 5.92 Å². The van der Waals surface area contributed by atoms with Gasteiger partial charge in [0.25, 0.3) is 0 Å². The van der Waals surface area contributed by atoms with E-state index >= 15 is 0 Å². The van der Waals surface area contributed by atoms with Crippen LogP contribution in [0.2, 0.25) is 0 Å². The average Bonchev–Trinajstić information content (AvgIpc) is 2.37. The lowest BCUT2D eigenvalue weighted by Gasteiger charge is -2.26. The molecule has 1 saturated carbocycles. The minimum absolute atomic E-state index is 0.322. The highest BCUT2D eigenvalue weighted by Gasteiger charge is 2.20. The van der Waals surface area contributed by atoms with Crippen LogP contribution in [0.25, 0.3) is 0 Å². The number of aromatic nitrogens is 2. The van der Waals surface area contributed by atoms with Crippen LogP contribution in [0.5, 0.6) is 5.88 Å². The van der Waals surface area contributed by atoms with Crippen LogP contribution < -0.4 is 10.1 Å². The number of rotatable bonds is 5. The fourth-order valence-corrected chi connectivity index (χ4v) is 2.39. The predicted molar refractivity (Wildman–Crippen MR) is 72.9 cm³/mol. The van der Waals surface area contributed by atoms with E-state index in [2.05, 4.69) is 29.1 Å². The zero-order valence-electron chi connectivity index (χ0n) is 11.4. The van der Waals surface area contributed by atoms with Gasteiger partial charge in [-0.05, 0) is 31.6 Å². The molecule has 18 heavy (non-hydrogen) atoms. The van der Waals surface area contributed by atoms with E-state index in [4.69, 9.17) is 4.74 Å². The van der Waals surface area contributed by atoms with E-state index < -0.39 is 0 Å². The zero-order valence-corrected chi connectivity index (χ0v) is 11.4. The molecule has 0 spiro atoms. The predicted octanol–water partition coefficient (Wildman–Crippen LogP) is 3.26. The molecule has 1 aliphatic rings. The highest BCUT2D eigenvalue weighted by Crippen LogP contribution is 2.26. The summed E-state index contributed by atoms with van der Waals surface area (Å²) in [6, 6.07) is 1.84. The maximum Gasteiger partial charge on any atom is 0.225 e. The van der Waals surface area contributed by atoms with Crippen LogP contribution >= 0.6 is 0 Å². The SMILES string of the molecule is CCCNc1nccc(OC2CCCC(C)C2)n1. The van der Waals surface area contributed by atoms with Gasteiger partial charge in [0, 0.05) is 18.8 Å². The van der Waals surface area contributed by atoms with Gasteiger partial charge >= 0.3 is 0 Å². The Hall–Kier alpha value is -1.32. The van der Waals surface area contributed by atoms with Gasteiger partial charge < -0.3 is 10.1 Å². The number of anilines is 1. The van der Waals surface area contributed by atoms with Crippen LogP contribution in [0.3, 0.4) is 0 Å². The number of hydrogen-bond donors (Lipinski definition) is 1. The van der Waals surface area contributed by atoms with Crippen molar-refractivity contribution in [2.75, 3.05) is 11.9 Å².